The zero-order valence-corrected chi connectivity index (χ0v) is 18.8. The van der Waals surface area contributed by atoms with Crippen LogP contribution in [0.15, 0.2) is 6.07 Å². The first-order valence-corrected chi connectivity index (χ1v) is 11.9. The van der Waals surface area contributed by atoms with Crippen molar-refractivity contribution in [3.05, 3.63) is 16.5 Å². The molecule has 1 aromatic heterocycles. The molecule has 0 amide bonds. The minimum Gasteiger partial charge on any atom is -0.465 e. The Balaban J connectivity index is 1.48. The summed E-state index contributed by atoms with van der Waals surface area (Å²) in [5, 5.41) is 8.42. The first kappa shape index (κ1) is 20.1. The summed E-state index contributed by atoms with van der Waals surface area (Å²) in [4.78, 5) is 13.1. The Morgan fingerprint density at radius 2 is 1.89 bits per heavy atom. The highest BCUT2D eigenvalue weighted by molar-refractivity contribution is 7.80. The second-order valence-corrected chi connectivity index (χ2v) is 11.0. The lowest BCUT2D eigenvalue weighted by atomic mass is 9.47. The van der Waals surface area contributed by atoms with Gasteiger partial charge in [-0.2, -0.15) is 0 Å². The van der Waals surface area contributed by atoms with Crippen LogP contribution in [0.3, 0.4) is 0 Å². The van der Waals surface area contributed by atoms with Crippen LogP contribution in [0, 0.1) is 30.1 Å². The van der Waals surface area contributed by atoms with Gasteiger partial charge in [0.05, 0.1) is 12.7 Å². The summed E-state index contributed by atoms with van der Waals surface area (Å²) in [6.45, 7) is 4.26. The first-order valence-electron chi connectivity index (χ1n) is 10.7. The number of thiophene rings is 1. The van der Waals surface area contributed by atoms with Gasteiger partial charge >= 0.3 is 5.97 Å². The third-order valence-electron chi connectivity index (χ3n) is 7.20. The van der Waals surface area contributed by atoms with E-state index < -0.39 is 0 Å². The molecule has 1 aromatic rings. The van der Waals surface area contributed by atoms with Gasteiger partial charge in [-0.15, -0.1) is 11.3 Å². The number of nitrogens with one attached hydrogen (secondary N) is 2. The number of hydrogen-bond donors (Lipinski definition) is 2. The van der Waals surface area contributed by atoms with E-state index in [0.717, 1.165) is 40.5 Å². The molecule has 1 atom stereocenters. The van der Waals surface area contributed by atoms with Gasteiger partial charge in [0.25, 0.3) is 0 Å². The summed E-state index contributed by atoms with van der Waals surface area (Å²) in [5.41, 5.74) is 0.976. The molecule has 0 aliphatic heterocycles. The van der Waals surface area contributed by atoms with Crippen molar-refractivity contribution in [3.8, 4) is 0 Å². The number of aryl methyl sites for hydroxylation is 1. The van der Waals surface area contributed by atoms with Gasteiger partial charge in [-0.25, -0.2) is 4.79 Å². The van der Waals surface area contributed by atoms with Crippen molar-refractivity contribution in [2.45, 2.75) is 71.3 Å². The molecule has 0 saturated heterocycles. The molecule has 2 N–H and O–H groups in total. The van der Waals surface area contributed by atoms with Gasteiger partial charge in [-0.3, -0.25) is 0 Å². The predicted octanol–water partition coefficient (Wildman–Crippen LogP) is 5.51. The van der Waals surface area contributed by atoms with Crippen molar-refractivity contribution in [1.82, 2.24) is 5.32 Å². The highest BCUT2D eigenvalue weighted by Crippen LogP contribution is 2.61. The van der Waals surface area contributed by atoms with E-state index in [2.05, 4.69) is 17.6 Å². The van der Waals surface area contributed by atoms with Crippen molar-refractivity contribution in [2.75, 3.05) is 12.4 Å². The fourth-order valence-corrected chi connectivity index (χ4v) is 7.80. The first-order chi connectivity index (χ1) is 13.4. The lowest BCUT2D eigenvalue weighted by Crippen LogP contribution is -2.57. The molecule has 4 fully saturated rings. The number of esters is 1. The van der Waals surface area contributed by atoms with E-state index in [0.29, 0.717) is 22.1 Å². The molecule has 1 unspecified atom stereocenters. The van der Waals surface area contributed by atoms with Crippen molar-refractivity contribution >= 4 is 39.6 Å². The average molecular weight is 421 g/mol. The lowest BCUT2D eigenvalue weighted by Gasteiger charge is -2.59. The second-order valence-electron chi connectivity index (χ2n) is 9.31. The zero-order chi connectivity index (χ0) is 19.9. The van der Waals surface area contributed by atoms with E-state index in [1.54, 1.807) is 11.3 Å². The van der Waals surface area contributed by atoms with E-state index in [-0.39, 0.29) is 5.97 Å². The predicted molar refractivity (Wildman–Crippen MR) is 119 cm³/mol. The monoisotopic (exact) mass is 420 g/mol. The van der Waals surface area contributed by atoms with Crippen molar-refractivity contribution in [1.29, 1.82) is 0 Å². The van der Waals surface area contributed by atoms with E-state index in [1.807, 2.05) is 13.0 Å². The smallest absolute Gasteiger partial charge is 0.340 e. The quantitative estimate of drug-likeness (QED) is 0.469. The van der Waals surface area contributed by atoms with Crippen LogP contribution in [0.4, 0.5) is 5.00 Å². The van der Waals surface area contributed by atoms with E-state index in [9.17, 15) is 4.79 Å². The third-order valence-corrected chi connectivity index (χ3v) is 8.38. The molecule has 6 heteroatoms. The van der Waals surface area contributed by atoms with Gasteiger partial charge in [-0.1, -0.05) is 13.3 Å². The molecule has 0 aromatic carbocycles. The molecular weight excluding hydrogens is 388 g/mol. The van der Waals surface area contributed by atoms with Crippen LogP contribution in [0.25, 0.3) is 0 Å². The number of thiocarbonyl (C=S) groups is 1. The number of carbonyl (C=O) groups is 1. The number of ether oxygens (including phenoxy) is 1. The molecule has 5 rings (SSSR count). The Hall–Kier alpha value is -1.14. The van der Waals surface area contributed by atoms with Gasteiger partial charge in [0.1, 0.15) is 5.00 Å². The largest absolute Gasteiger partial charge is 0.465 e. The number of rotatable bonds is 6. The topological polar surface area (TPSA) is 50.4 Å². The maximum Gasteiger partial charge on any atom is 0.340 e. The van der Waals surface area contributed by atoms with Crippen molar-refractivity contribution < 1.29 is 9.53 Å². The summed E-state index contributed by atoms with van der Waals surface area (Å²) in [7, 11) is 1.42. The van der Waals surface area contributed by atoms with Gasteiger partial charge in [-0.05, 0) is 93.3 Å². The molecule has 28 heavy (non-hydrogen) atoms. The highest BCUT2D eigenvalue weighted by Gasteiger charge is 2.54. The molecule has 154 valence electrons. The lowest BCUT2D eigenvalue weighted by molar-refractivity contribution is -0.0718. The Labute approximate surface area is 177 Å². The van der Waals surface area contributed by atoms with Crippen LogP contribution in [0.1, 0.15) is 73.5 Å². The van der Waals surface area contributed by atoms with Gasteiger partial charge in [0.2, 0.25) is 0 Å². The van der Waals surface area contributed by atoms with Gasteiger partial charge in [0.15, 0.2) is 5.11 Å². The minimum absolute atomic E-state index is 0.319. The molecule has 1 heterocycles. The highest BCUT2D eigenvalue weighted by atomic mass is 32.1. The summed E-state index contributed by atoms with van der Waals surface area (Å²) in [6, 6.07) is 2.29. The SMILES string of the molecule is CCCC(NC(=S)Nc1sc(C)cc1C(=O)OC)C12CC3CC(CC(C3)C1)C2. The van der Waals surface area contributed by atoms with Crippen LogP contribution in [-0.4, -0.2) is 24.2 Å². The maximum absolute atomic E-state index is 12.1. The molecule has 4 bridgehead atoms. The fraction of sp³-hybridized carbons (Fsp3) is 0.727. The molecule has 4 aliphatic rings. The summed E-state index contributed by atoms with van der Waals surface area (Å²) in [6.07, 6.45) is 10.8. The van der Waals surface area contributed by atoms with Gasteiger partial charge < -0.3 is 15.4 Å². The molecular formula is C22H32N2O2S2. The Kier molecular flexibility index (Phi) is 5.71. The number of hydrogen-bond acceptors (Lipinski definition) is 4. The van der Waals surface area contributed by atoms with E-state index >= 15 is 0 Å². The van der Waals surface area contributed by atoms with Crippen LogP contribution < -0.4 is 10.6 Å². The van der Waals surface area contributed by atoms with E-state index in [4.69, 9.17) is 17.0 Å². The van der Waals surface area contributed by atoms with Crippen molar-refractivity contribution in [3.63, 3.8) is 0 Å². The van der Waals surface area contributed by atoms with Crippen molar-refractivity contribution in [2.24, 2.45) is 23.2 Å². The maximum atomic E-state index is 12.1. The van der Waals surface area contributed by atoms with Crippen LogP contribution in [0.2, 0.25) is 0 Å². The van der Waals surface area contributed by atoms with Gasteiger partial charge in [0, 0.05) is 10.9 Å². The fourth-order valence-electron chi connectivity index (χ4n) is 6.59. The molecule has 4 saturated carbocycles. The summed E-state index contributed by atoms with van der Waals surface area (Å²) >= 11 is 7.25. The third kappa shape index (κ3) is 3.82. The summed E-state index contributed by atoms with van der Waals surface area (Å²) in [5.74, 6) is 2.47. The standard InChI is InChI=1S/C22H32N2O2S2/c1-4-5-18(22-10-14-7-15(11-22)9-16(8-14)12-22)23-21(27)24-19-17(20(25)26-3)6-13(2)28-19/h6,14-16,18H,4-5,7-12H2,1-3H3,(H2,23,24,27). The van der Waals surface area contributed by atoms with Crippen LogP contribution in [-0.2, 0) is 4.74 Å². The average Bonchev–Trinajstić information content (AvgIpc) is 2.99. The number of methoxy groups -OCH3 is 1. The summed E-state index contributed by atoms with van der Waals surface area (Å²) < 4.78 is 4.92. The van der Waals surface area contributed by atoms with E-state index in [1.165, 1.54) is 45.6 Å². The molecule has 0 radical (unpaired) electrons. The Morgan fingerprint density at radius 3 is 2.43 bits per heavy atom. The van der Waals surface area contributed by atoms with Crippen LogP contribution >= 0.6 is 23.6 Å². The molecule has 4 aliphatic carbocycles. The second kappa shape index (κ2) is 7.94. The molecule has 0 spiro atoms. The minimum atomic E-state index is -0.319. The Bertz CT molecular complexity index is 722. The normalized spacial score (nSPS) is 31.5. The zero-order valence-electron chi connectivity index (χ0n) is 17.2. The number of carbonyl (C=O) groups excluding carboxylic acids is 1. The van der Waals surface area contributed by atoms with Crippen LogP contribution in [0.5, 0.6) is 0 Å². The Morgan fingerprint density at radius 1 is 1.29 bits per heavy atom. The number of anilines is 1. The molecule has 4 nitrogen and oxygen atoms in total.